The van der Waals surface area contributed by atoms with Gasteiger partial charge in [-0.05, 0) is 32.5 Å². The second kappa shape index (κ2) is 6.91. The molecular weight excluding hydrogens is 288 g/mol. The highest BCUT2D eigenvalue weighted by Crippen LogP contribution is 2.23. The molecule has 0 aliphatic rings. The summed E-state index contributed by atoms with van der Waals surface area (Å²) >= 11 is 6.24. The minimum atomic E-state index is 0.375. The van der Waals surface area contributed by atoms with E-state index in [2.05, 4.69) is 22.3 Å². The summed E-state index contributed by atoms with van der Waals surface area (Å²) < 4.78 is 7.66. The summed E-state index contributed by atoms with van der Waals surface area (Å²) in [7, 11) is 1.87. The molecule has 2 aromatic heterocycles. The van der Waals surface area contributed by atoms with Crippen molar-refractivity contribution in [1.29, 1.82) is 0 Å². The Morgan fingerprint density at radius 1 is 1.33 bits per heavy atom. The monoisotopic (exact) mass is 308 g/mol. The standard InChI is InChI=1S/C15H21ClN4O/c1-5-17-8-12-14(7-6-10(2)18-12)21-9-13-15(16)11(3)19-20(13)4/h6-7,17H,5,8-9H2,1-4H3. The lowest BCUT2D eigenvalue weighted by atomic mass is 10.2. The Kier molecular flexibility index (Phi) is 5.20. The Labute approximate surface area is 130 Å². The predicted octanol–water partition coefficient (Wildman–Crippen LogP) is 2.77. The third kappa shape index (κ3) is 3.74. The molecule has 0 bridgehead atoms. The van der Waals surface area contributed by atoms with Gasteiger partial charge in [-0.3, -0.25) is 9.67 Å². The van der Waals surface area contributed by atoms with Crippen molar-refractivity contribution in [2.75, 3.05) is 6.54 Å². The zero-order valence-corrected chi connectivity index (χ0v) is 13.7. The van der Waals surface area contributed by atoms with Gasteiger partial charge in [0.2, 0.25) is 0 Å². The molecule has 1 N–H and O–H groups in total. The van der Waals surface area contributed by atoms with Crippen LogP contribution in [0.3, 0.4) is 0 Å². The zero-order valence-electron chi connectivity index (χ0n) is 12.9. The summed E-state index contributed by atoms with van der Waals surface area (Å²) in [4.78, 5) is 4.53. The smallest absolute Gasteiger partial charge is 0.142 e. The number of hydrogen-bond acceptors (Lipinski definition) is 4. The van der Waals surface area contributed by atoms with Crippen molar-refractivity contribution in [3.63, 3.8) is 0 Å². The average Bonchev–Trinajstić information content (AvgIpc) is 2.69. The van der Waals surface area contributed by atoms with Crippen LogP contribution in [0, 0.1) is 13.8 Å². The maximum Gasteiger partial charge on any atom is 0.142 e. The third-order valence-electron chi connectivity index (χ3n) is 3.24. The first-order chi connectivity index (χ1) is 10.0. The molecule has 0 aromatic carbocycles. The molecule has 0 spiro atoms. The van der Waals surface area contributed by atoms with Gasteiger partial charge in [0.15, 0.2) is 0 Å². The van der Waals surface area contributed by atoms with E-state index in [1.807, 2.05) is 33.0 Å². The largest absolute Gasteiger partial charge is 0.485 e. The highest BCUT2D eigenvalue weighted by atomic mass is 35.5. The molecule has 21 heavy (non-hydrogen) atoms. The quantitative estimate of drug-likeness (QED) is 0.891. The van der Waals surface area contributed by atoms with Crippen LogP contribution in [-0.4, -0.2) is 21.3 Å². The van der Waals surface area contributed by atoms with Gasteiger partial charge in [0.1, 0.15) is 12.4 Å². The maximum atomic E-state index is 6.24. The summed E-state index contributed by atoms with van der Waals surface area (Å²) in [5.74, 6) is 0.775. The van der Waals surface area contributed by atoms with E-state index >= 15 is 0 Å². The van der Waals surface area contributed by atoms with Crippen molar-refractivity contribution >= 4 is 11.6 Å². The molecule has 0 saturated carbocycles. The van der Waals surface area contributed by atoms with Gasteiger partial charge in [0.05, 0.1) is 22.1 Å². The van der Waals surface area contributed by atoms with Gasteiger partial charge >= 0.3 is 0 Å². The fraction of sp³-hybridized carbons (Fsp3) is 0.467. The van der Waals surface area contributed by atoms with E-state index < -0.39 is 0 Å². The summed E-state index contributed by atoms with van der Waals surface area (Å²) in [6.45, 7) is 7.87. The molecule has 0 fully saturated rings. The first kappa shape index (κ1) is 15.8. The van der Waals surface area contributed by atoms with Crippen LogP contribution < -0.4 is 10.1 Å². The number of aryl methyl sites for hydroxylation is 3. The second-order valence-corrected chi connectivity index (χ2v) is 5.31. The first-order valence-electron chi connectivity index (χ1n) is 7.01. The van der Waals surface area contributed by atoms with Gasteiger partial charge in [0.25, 0.3) is 0 Å². The number of nitrogens with zero attached hydrogens (tertiary/aromatic N) is 3. The molecule has 0 aliphatic carbocycles. The van der Waals surface area contributed by atoms with Crippen molar-refractivity contribution in [1.82, 2.24) is 20.1 Å². The summed E-state index contributed by atoms with van der Waals surface area (Å²) in [5.41, 5.74) is 3.56. The Bertz CT molecular complexity index is 624. The Hall–Kier alpha value is -1.59. The Balaban J connectivity index is 2.15. The van der Waals surface area contributed by atoms with Crippen molar-refractivity contribution in [2.45, 2.75) is 33.9 Å². The molecule has 114 valence electrons. The van der Waals surface area contributed by atoms with Crippen LogP contribution in [0.1, 0.15) is 29.7 Å². The van der Waals surface area contributed by atoms with E-state index in [0.717, 1.165) is 35.1 Å². The van der Waals surface area contributed by atoms with E-state index in [1.54, 1.807) is 4.68 Å². The lowest BCUT2D eigenvalue weighted by Crippen LogP contribution is -2.15. The molecule has 2 rings (SSSR count). The summed E-state index contributed by atoms with van der Waals surface area (Å²) in [6, 6.07) is 3.90. The SMILES string of the molecule is CCNCc1nc(C)ccc1OCc1c(Cl)c(C)nn1C. The molecule has 0 radical (unpaired) electrons. The van der Waals surface area contributed by atoms with E-state index in [4.69, 9.17) is 16.3 Å². The summed E-state index contributed by atoms with van der Waals surface area (Å²) in [6.07, 6.45) is 0. The number of pyridine rings is 1. The molecule has 6 heteroatoms. The average molecular weight is 309 g/mol. The van der Waals surface area contributed by atoms with Crippen LogP contribution in [0.4, 0.5) is 0 Å². The topological polar surface area (TPSA) is 52.0 Å². The Morgan fingerprint density at radius 2 is 2.10 bits per heavy atom. The van der Waals surface area contributed by atoms with E-state index in [9.17, 15) is 0 Å². The van der Waals surface area contributed by atoms with Crippen LogP contribution >= 0.6 is 11.6 Å². The van der Waals surface area contributed by atoms with Crippen molar-refractivity contribution < 1.29 is 4.74 Å². The normalized spacial score (nSPS) is 10.9. The summed E-state index contributed by atoms with van der Waals surface area (Å²) in [5, 5.41) is 8.22. The fourth-order valence-corrected chi connectivity index (χ4v) is 2.30. The molecule has 0 unspecified atom stereocenters. The maximum absolute atomic E-state index is 6.24. The fourth-order valence-electron chi connectivity index (χ4n) is 2.08. The van der Waals surface area contributed by atoms with E-state index in [0.29, 0.717) is 18.2 Å². The minimum Gasteiger partial charge on any atom is -0.485 e. The van der Waals surface area contributed by atoms with Gasteiger partial charge in [-0.25, -0.2) is 0 Å². The van der Waals surface area contributed by atoms with Crippen molar-refractivity contribution in [3.8, 4) is 5.75 Å². The van der Waals surface area contributed by atoms with Crippen LogP contribution in [-0.2, 0) is 20.2 Å². The number of ether oxygens (including phenoxy) is 1. The van der Waals surface area contributed by atoms with Crippen LogP contribution in [0.5, 0.6) is 5.75 Å². The van der Waals surface area contributed by atoms with Gasteiger partial charge in [0, 0.05) is 19.3 Å². The number of hydrogen-bond donors (Lipinski definition) is 1. The molecule has 0 aliphatic heterocycles. The number of nitrogens with one attached hydrogen (secondary N) is 1. The van der Waals surface area contributed by atoms with Crippen LogP contribution in [0.25, 0.3) is 0 Å². The van der Waals surface area contributed by atoms with Crippen LogP contribution in [0.15, 0.2) is 12.1 Å². The molecular formula is C15H21ClN4O. The molecule has 0 saturated heterocycles. The Morgan fingerprint density at radius 3 is 2.71 bits per heavy atom. The highest BCUT2D eigenvalue weighted by Gasteiger charge is 2.13. The molecule has 5 nitrogen and oxygen atoms in total. The van der Waals surface area contributed by atoms with Gasteiger partial charge in [-0.2, -0.15) is 5.10 Å². The number of rotatable bonds is 6. The lowest BCUT2D eigenvalue weighted by Gasteiger charge is -2.12. The van der Waals surface area contributed by atoms with Gasteiger partial charge < -0.3 is 10.1 Å². The van der Waals surface area contributed by atoms with E-state index in [-0.39, 0.29) is 0 Å². The second-order valence-electron chi connectivity index (χ2n) is 4.94. The highest BCUT2D eigenvalue weighted by molar-refractivity contribution is 6.31. The number of aromatic nitrogens is 3. The van der Waals surface area contributed by atoms with Crippen molar-refractivity contribution in [2.24, 2.45) is 7.05 Å². The lowest BCUT2D eigenvalue weighted by molar-refractivity contribution is 0.289. The first-order valence-corrected chi connectivity index (χ1v) is 7.38. The van der Waals surface area contributed by atoms with Crippen LogP contribution in [0.2, 0.25) is 5.02 Å². The van der Waals surface area contributed by atoms with Gasteiger partial charge in [-0.15, -0.1) is 0 Å². The van der Waals surface area contributed by atoms with Gasteiger partial charge in [-0.1, -0.05) is 18.5 Å². The van der Waals surface area contributed by atoms with E-state index in [1.165, 1.54) is 0 Å². The molecule has 0 atom stereocenters. The molecule has 2 heterocycles. The predicted molar refractivity (Wildman–Crippen MR) is 83.6 cm³/mol. The molecule has 2 aromatic rings. The van der Waals surface area contributed by atoms with Crippen molar-refractivity contribution in [3.05, 3.63) is 39.9 Å². The molecule has 0 amide bonds. The third-order valence-corrected chi connectivity index (χ3v) is 3.73. The minimum absolute atomic E-state index is 0.375. The number of halogens is 1. The zero-order chi connectivity index (χ0) is 15.4.